The minimum absolute atomic E-state index is 0.0273. The Morgan fingerprint density at radius 2 is 2.11 bits per heavy atom. The normalized spacial score (nSPS) is 10.1. The number of carbonyl (C=O) groups excluding carboxylic acids is 1. The second kappa shape index (κ2) is 6.13. The van der Waals surface area contributed by atoms with Crippen molar-refractivity contribution in [1.82, 2.24) is 4.90 Å². The van der Waals surface area contributed by atoms with Crippen LogP contribution >= 0.6 is 0 Å². The predicted molar refractivity (Wildman–Crippen MR) is 74.2 cm³/mol. The van der Waals surface area contributed by atoms with Crippen LogP contribution in [0, 0.1) is 17.0 Å². The van der Waals surface area contributed by atoms with Crippen LogP contribution in [-0.4, -0.2) is 28.8 Å². The first-order valence-electron chi connectivity index (χ1n) is 6.05. The van der Waals surface area contributed by atoms with Gasteiger partial charge < -0.3 is 4.90 Å². The Balaban J connectivity index is 3.02. The molecular formula is C14H18N2O3. The maximum atomic E-state index is 12.3. The molecular weight excluding hydrogens is 244 g/mol. The molecule has 0 saturated heterocycles. The lowest BCUT2D eigenvalue weighted by Gasteiger charge is -2.21. The van der Waals surface area contributed by atoms with Crippen molar-refractivity contribution in [2.75, 3.05) is 13.1 Å². The molecule has 0 bridgehead atoms. The minimum Gasteiger partial charge on any atom is -0.335 e. The number of nitro groups is 1. The van der Waals surface area contributed by atoms with E-state index in [4.69, 9.17) is 0 Å². The smallest absolute Gasteiger partial charge is 0.272 e. The molecule has 0 saturated carbocycles. The number of hydrogen-bond acceptors (Lipinski definition) is 3. The summed E-state index contributed by atoms with van der Waals surface area (Å²) in [5.41, 5.74) is 1.88. The lowest BCUT2D eigenvalue weighted by Crippen LogP contribution is -2.32. The minimum atomic E-state index is -0.449. The number of likely N-dealkylation sites (N-methyl/N-ethyl adjacent to an activating group) is 1. The highest BCUT2D eigenvalue weighted by atomic mass is 16.6. The molecule has 1 amide bonds. The van der Waals surface area contributed by atoms with Gasteiger partial charge >= 0.3 is 0 Å². The molecule has 0 aliphatic heterocycles. The van der Waals surface area contributed by atoms with E-state index in [1.54, 1.807) is 17.9 Å². The molecule has 1 rings (SSSR count). The van der Waals surface area contributed by atoms with Gasteiger partial charge in [-0.05, 0) is 32.9 Å². The highest BCUT2D eigenvalue weighted by Gasteiger charge is 2.17. The van der Waals surface area contributed by atoms with Gasteiger partial charge in [0.05, 0.1) is 4.92 Å². The van der Waals surface area contributed by atoms with Crippen LogP contribution in [0.15, 0.2) is 30.4 Å². The van der Waals surface area contributed by atoms with Crippen molar-refractivity contribution in [2.45, 2.75) is 20.8 Å². The van der Waals surface area contributed by atoms with Crippen LogP contribution in [0.5, 0.6) is 0 Å². The maximum absolute atomic E-state index is 12.3. The standard InChI is InChI=1S/C14H18N2O3/c1-5-15(9-10(2)3)14(17)12-6-7-13(16(18)19)11(4)8-12/h6-8H,2,5,9H2,1,3-4H3. The summed E-state index contributed by atoms with van der Waals surface area (Å²) in [6, 6.07) is 4.42. The van der Waals surface area contributed by atoms with Crippen LogP contribution in [0.4, 0.5) is 5.69 Å². The van der Waals surface area contributed by atoms with Crippen LogP contribution in [0.3, 0.4) is 0 Å². The van der Waals surface area contributed by atoms with E-state index >= 15 is 0 Å². The topological polar surface area (TPSA) is 63.5 Å². The van der Waals surface area contributed by atoms with E-state index in [0.29, 0.717) is 24.2 Å². The van der Waals surface area contributed by atoms with Crippen molar-refractivity contribution in [1.29, 1.82) is 0 Å². The van der Waals surface area contributed by atoms with Gasteiger partial charge in [0.25, 0.3) is 11.6 Å². The van der Waals surface area contributed by atoms with Crippen molar-refractivity contribution < 1.29 is 9.72 Å². The van der Waals surface area contributed by atoms with E-state index in [9.17, 15) is 14.9 Å². The maximum Gasteiger partial charge on any atom is 0.272 e. The van der Waals surface area contributed by atoms with Crippen LogP contribution in [0.2, 0.25) is 0 Å². The van der Waals surface area contributed by atoms with Gasteiger partial charge in [0.1, 0.15) is 0 Å². The van der Waals surface area contributed by atoms with Crippen molar-refractivity contribution >= 4 is 11.6 Å². The summed E-state index contributed by atoms with van der Waals surface area (Å²) < 4.78 is 0. The SMILES string of the molecule is C=C(C)CN(CC)C(=O)c1ccc([N+](=O)[O-])c(C)c1. The molecule has 0 aromatic heterocycles. The molecule has 102 valence electrons. The van der Waals surface area contributed by atoms with Gasteiger partial charge in [-0.1, -0.05) is 12.2 Å². The molecule has 0 heterocycles. The average molecular weight is 262 g/mol. The van der Waals surface area contributed by atoms with E-state index in [1.807, 2.05) is 13.8 Å². The predicted octanol–water partition coefficient (Wildman–Crippen LogP) is 2.94. The quantitative estimate of drug-likeness (QED) is 0.465. The lowest BCUT2D eigenvalue weighted by atomic mass is 10.1. The number of aryl methyl sites for hydroxylation is 1. The second-order valence-corrected chi connectivity index (χ2v) is 4.53. The summed E-state index contributed by atoms with van der Waals surface area (Å²) in [5.74, 6) is -0.136. The molecule has 0 aliphatic rings. The third kappa shape index (κ3) is 3.64. The molecule has 0 spiro atoms. The average Bonchev–Trinajstić information content (AvgIpc) is 2.34. The van der Waals surface area contributed by atoms with Crippen molar-refractivity contribution in [3.05, 3.63) is 51.6 Å². The monoisotopic (exact) mass is 262 g/mol. The van der Waals surface area contributed by atoms with E-state index in [0.717, 1.165) is 5.57 Å². The Bertz CT molecular complexity index is 523. The Morgan fingerprint density at radius 3 is 2.53 bits per heavy atom. The van der Waals surface area contributed by atoms with E-state index in [-0.39, 0.29) is 11.6 Å². The highest BCUT2D eigenvalue weighted by Crippen LogP contribution is 2.19. The van der Waals surface area contributed by atoms with Crippen LogP contribution in [-0.2, 0) is 0 Å². The van der Waals surface area contributed by atoms with Crippen molar-refractivity contribution in [3.63, 3.8) is 0 Å². The van der Waals surface area contributed by atoms with Gasteiger partial charge in [0.2, 0.25) is 0 Å². The third-order valence-corrected chi connectivity index (χ3v) is 2.77. The number of amides is 1. The molecule has 0 aliphatic carbocycles. The first-order chi connectivity index (χ1) is 8.86. The molecule has 0 fully saturated rings. The number of carbonyl (C=O) groups is 1. The van der Waals surface area contributed by atoms with Gasteiger partial charge in [-0.15, -0.1) is 0 Å². The van der Waals surface area contributed by atoms with Crippen molar-refractivity contribution in [3.8, 4) is 0 Å². The summed E-state index contributed by atoms with van der Waals surface area (Å²) in [7, 11) is 0. The zero-order chi connectivity index (χ0) is 14.6. The Labute approximate surface area is 112 Å². The zero-order valence-electron chi connectivity index (χ0n) is 11.5. The number of hydrogen-bond donors (Lipinski definition) is 0. The molecule has 5 heteroatoms. The molecule has 5 nitrogen and oxygen atoms in total. The van der Waals surface area contributed by atoms with Crippen LogP contribution in [0.1, 0.15) is 29.8 Å². The number of nitro benzene ring substituents is 1. The van der Waals surface area contributed by atoms with Gasteiger partial charge in [-0.2, -0.15) is 0 Å². The molecule has 0 unspecified atom stereocenters. The first-order valence-corrected chi connectivity index (χ1v) is 6.05. The fraction of sp³-hybridized carbons (Fsp3) is 0.357. The summed E-state index contributed by atoms with van der Waals surface area (Å²) in [6.07, 6.45) is 0. The second-order valence-electron chi connectivity index (χ2n) is 4.53. The van der Waals surface area contributed by atoms with E-state index in [2.05, 4.69) is 6.58 Å². The molecule has 0 N–H and O–H groups in total. The third-order valence-electron chi connectivity index (χ3n) is 2.77. The Kier molecular flexibility index (Phi) is 4.80. The number of nitrogens with zero attached hydrogens (tertiary/aromatic N) is 2. The largest absolute Gasteiger partial charge is 0.335 e. The lowest BCUT2D eigenvalue weighted by molar-refractivity contribution is -0.385. The summed E-state index contributed by atoms with van der Waals surface area (Å²) >= 11 is 0. The first kappa shape index (κ1) is 14.9. The number of rotatable bonds is 5. The Hall–Kier alpha value is -2.17. The van der Waals surface area contributed by atoms with Crippen molar-refractivity contribution in [2.24, 2.45) is 0 Å². The fourth-order valence-electron chi connectivity index (χ4n) is 1.83. The van der Waals surface area contributed by atoms with Gasteiger partial charge in [0.15, 0.2) is 0 Å². The van der Waals surface area contributed by atoms with Crippen LogP contribution < -0.4 is 0 Å². The number of benzene rings is 1. The van der Waals surface area contributed by atoms with E-state index in [1.165, 1.54) is 12.1 Å². The Morgan fingerprint density at radius 1 is 1.47 bits per heavy atom. The van der Waals surface area contributed by atoms with Gasteiger partial charge in [0, 0.05) is 30.3 Å². The van der Waals surface area contributed by atoms with Gasteiger partial charge in [-0.25, -0.2) is 0 Å². The van der Waals surface area contributed by atoms with Gasteiger partial charge in [-0.3, -0.25) is 14.9 Å². The molecule has 1 aromatic carbocycles. The van der Waals surface area contributed by atoms with E-state index < -0.39 is 4.92 Å². The molecule has 1 aromatic rings. The highest BCUT2D eigenvalue weighted by molar-refractivity contribution is 5.94. The molecule has 19 heavy (non-hydrogen) atoms. The zero-order valence-corrected chi connectivity index (χ0v) is 11.5. The molecule has 0 atom stereocenters. The van der Waals surface area contributed by atoms with Crippen LogP contribution in [0.25, 0.3) is 0 Å². The summed E-state index contributed by atoms with van der Waals surface area (Å²) in [4.78, 5) is 24.2. The summed E-state index contributed by atoms with van der Waals surface area (Å²) in [6.45, 7) is 10.2. The molecule has 0 radical (unpaired) electrons. The fourth-order valence-corrected chi connectivity index (χ4v) is 1.83. The summed E-state index contributed by atoms with van der Waals surface area (Å²) in [5, 5.41) is 10.7.